The lowest BCUT2D eigenvalue weighted by molar-refractivity contribution is -0.138. The molecule has 250 valence electrons. The van der Waals surface area contributed by atoms with Crippen LogP contribution in [0.5, 0.6) is 23.0 Å². The van der Waals surface area contributed by atoms with E-state index in [-0.39, 0.29) is 5.97 Å². The smallest absolute Gasteiger partial charge is 0.343 e. The lowest BCUT2D eigenvalue weighted by Crippen LogP contribution is -2.09. The molecule has 0 unspecified atom stereocenters. The molecule has 0 aliphatic carbocycles. The van der Waals surface area contributed by atoms with Crippen LogP contribution >= 0.6 is 0 Å². The monoisotopic (exact) mass is 644 g/mol. The number of hydrogen-bond acceptors (Lipinski definition) is 9. The molecular weight excluding hydrogens is 600 g/mol. The Balaban J connectivity index is 1.39. The van der Waals surface area contributed by atoms with Gasteiger partial charge in [0.1, 0.15) is 11.5 Å². The number of carbonyl (C=O) groups excluding carboxylic acids is 3. The van der Waals surface area contributed by atoms with Crippen LogP contribution < -0.4 is 18.9 Å². The molecule has 9 heteroatoms. The van der Waals surface area contributed by atoms with Gasteiger partial charge < -0.3 is 28.4 Å². The minimum Gasteiger partial charge on any atom is -0.494 e. The molecule has 0 N–H and O–H groups in total. The molecule has 0 atom stereocenters. The first-order valence-corrected chi connectivity index (χ1v) is 15.9. The Labute approximate surface area is 277 Å². The summed E-state index contributed by atoms with van der Waals surface area (Å²) in [4.78, 5) is 34.9. The average Bonchev–Trinajstić information content (AvgIpc) is 3.10. The van der Waals surface area contributed by atoms with Crippen molar-refractivity contribution in [2.24, 2.45) is 0 Å². The number of methoxy groups -OCH3 is 1. The van der Waals surface area contributed by atoms with Crippen LogP contribution in [0.2, 0.25) is 0 Å². The largest absolute Gasteiger partial charge is 0.494 e. The van der Waals surface area contributed by atoms with E-state index >= 15 is 0 Å². The van der Waals surface area contributed by atoms with Gasteiger partial charge in [-0.25, -0.2) is 14.4 Å². The third kappa shape index (κ3) is 13.5. The number of hydrogen-bond donors (Lipinski definition) is 0. The van der Waals surface area contributed by atoms with Crippen molar-refractivity contribution in [3.8, 4) is 34.1 Å². The molecule has 0 aliphatic heterocycles. The lowest BCUT2D eigenvalue weighted by Gasteiger charge is -2.12. The van der Waals surface area contributed by atoms with E-state index in [2.05, 4.69) is 13.2 Å². The van der Waals surface area contributed by atoms with Gasteiger partial charge in [0.25, 0.3) is 0 Å². The van der Waals surface area contributed by atoms with E-state index in [0.29, 0.717) is 49.2 Å². The third-order valence-electron chi connectivity index (χ3n) is 7.08. The molecule has 0 fully saturated rings. The molecule has 0 heterocycles. The zero-order chi connectivity index (χ0) is 33.7. The molecule has 0 saturated heterocycles. The van der Waals surface area contributed by atoms with E-state index in [1.54, 1.807) is 30.3 Å². The van der Waals surface area contributed by atoms with Gasteiger partial charge in [-0.2, -0.15) is 0 Å². The molecule has 0 saturated carbocycles. The molecule has 0 aromatic heterocycles. The van der Waals surface area contributed by atoms with Crippen molar-refractivity contribution >= 4 is 17.9 Å². The van der Waals surface area contributed by atoms with Gasteiger partial charge in [0.15, 0.2) is 11.5 Å². The average molecular weight is 645 g/mol. The van der Waals surface area contributed by atoms with E-state index in [1.807, 2.05) is 36.4 Å². The normalized spacial score (nSPS) is 10.4. The number of ether oxygens (including phenoxy) is 6. The minimum atomic E-state index is -0.502. The van der Waals surface area contributed by atoms with Crippen molar-refractivity contribution in [3.05, 3.63) is 97.6 Å². The van der Waals surface area contributed by atoms with Gasteiger partial charge in [-0.15, -0.1) is 0 Å². The molecule has 9 nitrogen and oxygen atoms in total. The van der Waals surface area contributed by atoms with Gasteiger partial charge in [-0.3, -0.25) is 0 Å². The van der Waals surface area contributed by atoms with Crippen molar-refractivity contribution in [3.63, 3.8) is 0 Å². The van der Waals surface area contributed by atoms with E-state index in [9.17, 15) is 14.4 Å². The van der Waals surface area contributed by atoms with Gasteiger partial charge in [-0.05, 0) is 105 Å². The Morgan fingerprint density at radius 1 is 0.574 bits per heavy atom. The summed E-state index contributed by atoms with van der Waals surface area (Å²) in [5.74, 6) is 0.928. The maximum absolute atomic E-state index is 12.9. The van der Waals surface area contributed by atoms with E-state index in [0.717, 1.165) is 74.3 Å². The highest BCUT2D eigenvalue weighted by Gasteiger charge is 2.14. The summed E-state index contributed by atoms with van der Waals surface area (Å²) in [6, 6.07) is 20.1. The Kier molecular flexibility index (Phi) is 16.2. The fraction of sp³-hybridized carbons (Fsp3) is 0.342. The summed E-state index contributed by atoms with van der Waals surface area (Å²) in [5, 5.41) is 0. The number of esters is 3. The van der Waals surface area contributed by atoms with Crippen molar-refractivity contribution in [2.75, 3.05) is 33.5 Å². The number of carbonyl (C=O) groups is 3. The van der Waals surface area contributed by atoms with Gasteiger partial charge >= 0.3 is 17.9 Å². The summed E-state index contributed by atoms with van der Waals surface area (Å²) >= 11 is 0. The Morgan fingerprint density at radius 2 is 1.06 bits per heavy atom. The predicted octanol–water partition coefficient (Wildman–Crippen LogP) is 7.92. The molecule has 3 rings (SSSR count). The van der Waals surface area contributed by atoms with Crippen LogP contribution in [0, 0.1) is 0 Å². The van der Waals surface area contributed by atoms with Crippen LogP contribution in [-0.2, 0) is 19.1 Å². The molecule has 0 spiro atoms. The first-order chi connectivity index (χ1) is 22.9. The van der Waals surface area contributed by atoms with Crippen molar-refractivity contribution < 1.29 is 42.8 Å². The topological polar surface area (TPSA) is 107 Å². The second kappa shape index (κ2) is 20.9. The fourth-order valence-electron chi connectivity index (χ4n) is 4.49. The highest BCUT2D eigenvalue weighted by atomic mass is 16.5. The standard InChI is InChI=1S/C38H44O9/c1-4-36(39)45-26-12-8-6-10-24-43-32-19-14-29(15-20-32)30-16-21-33(22-17-30)47-38(41)31-18-23-34(35(28-31)42-3)44-25-11-7-9-13-27-46-37(40)5-2/h4-5,14-23,28H,1-2,6-13,24-27H2,3H3. The van der Waals surface area contributed by atoms with Crippen LogP contribution in [0.3, 0.4) is 0 Å². The quantitative estimate of drug-likeness (QED) is 0.0467. The SMILES string of the molecule is C=CC(=O)OCCCCCCOc1ccc(-c2ccc(OC(=O)c3ccc(OCCCCCCOC(=O)C=C)c(OC)c3)cc2)cc1. The number of rotatable bonds is 22. The third-order valence-corrected chi connectivity index (χ3v) is 7.08. The van der Waals surface area contributed by atoms with Crippen molar-refractivity contribution in [1.82, 2.24) is 0 Å². The molecular formula is C38H44O9. The Hall–Kier alpha value is -5.05. The molecule has 3 aromatic carbocycles. The second-order valence-corrected chi connectivity index (χ2v) is 10.6. The Bertz CT molecular complexity index is 1430. The van der Waals surface area contributed by atoms with E-state index < -0.39 is 11.9 Å². The van der Waals surface area contributed by atoms with Crippen molar-refractivity contribution in [1.29, 1.82) is 0 Å². The minimum absolute atomic E-state index is 0.344. The molecule has 0 radical (unpaired) electrons. The summed E-state index contributed by atoms with van der Waals surface area (Å²) in [5.41, 5.74) is 2.34. The Morgan fingerprint density at radius 3 is 1.57 bits per heavy atom. The highest BCUT2D eigenvalue weighted by molar-refractivity contribution is 5.92. The zero-order valence-corrected chi connectivity index (χ0v) is 27.1. The van der Waals surface area contributed by atoms with E-state index in [4.69, 9.17) is 28.4 Å². The second-order valence-electron chi connectivity index (χ2n) is 10.6. The summed E-state index contributed by atoms with van der Waals surface area (Å²) in [6.07, 6.45) is 9.50. The molecule has 47 heavy (non-hydrogen) atoms. The number of unbranched alkanes of at least 4 members (excludes halogenated alkanes) is 6. The molecule has 0 aliphatic rings. The van der Waals surface area contributed by atoms with Crippen LogP contribution in [0.4, 0.5) is 0 Å². The van der Waals surface area contributed by atoms with Crippen molar-refractivity contribution in [2.45, 2.75) is 51.4 Å². The predicted molar refractivity (Wildman–Crippen MR) is 180 cm³/mol. The highest BCUT2D eigenvalue weighted by Crippen LogP contribution is 2.30. The van der Waals surface area contributed by atoms with Gasteiger partial charge in [0.05, 0.1) is 39.1 Å². The van der Waals surface area contributed by atoms with Crippen LogP contribution in [0.25, 0.3) is 11.1 Å². The maximum atomic E-state index is 12.9. The van der Waals surface area contributed by atoms with Gasteiger partial charge in [-0.1, -0.05) is 37.4 Å². The molecule has 3 aromatic rings. The van der Waals surface area contributed by atoms with Crippen LogP contribution in [0.15, 0.2) is 92.0 Å². The lowest BCUT2D eigenvalue weighted by atomic mass is 10.1. The van der Waals surface area contributed by atoms with Crippen LogP contribution in [-0.4, -0.2) is 51.4 Å². The first-order valence-electron chi connectivity index (χ1n) is 15.9. The number of benzene rings is 3. The van der Waals surface area contributed by atoms with Gasteiger partial charge in [0.2, 0.25) is 0 Å². The summed E-state index contributed by atoms with van der Waals surface area (Å²) < 4.78 is 32.7. The first kappa shape index (κ1) is 36.4. The van der Waals surface area contributed by atoms with Crippen LogP contribution in [0.1, 0.15) is 61.7 Å². The summed E-state index contributed by atoms with van der Waals surface area (Å²) in [7, 11) is 1.52. The molecule has 0 amide bonds. The zero-order valence-electron chi connectivity index (χ0n) is 27.1. The fourth-order valence-corrected chi connectivity index (χ4v) is 4.49. The summed E-state index contributed by atoms with van der Waals surface area (Å²) in [6.45, 7) is 8.66. The molecule has 0 bridgehead atoms. The maximum Gasteiger partial charge on any atom is 0.343 e. The van der Waals surface area contributed by atoms with E-state index in [1.165, 1.54) is 13.2 Å². The van der Waals surface area contributed by atoms with Gasteiger partial charge in [0, 0.05) is 12.2 Å².